The van der Waals surface area contributed by atoms with Gasteiger partial charge in [-0.2, -0.15) is 0 Å². The third-order valence-electron chi connectivity index (χ3n) is 8.58. The Labute approximate surface area is 130 Å². The molecule has 1 N–H and O–H groups in total. The molecule has 0 aromatic heterocycles. The topological polar surface area (TPSA) is 20.2 Å². The highest BCUT2D eigenvalue weighted by molar-refractivity contribution is 5.08. The van der Waals surface area contributed by atoms with Crippen molar-refractivity contribution < 1.29 is 5.11 Å². The maximum absolute atomic E-state index is 10.3. The molecule has 0 aliphatic heterocycles. The SMILES string of the molecule is CC1C[C@H]2[C@@H]3CCC4CCC(O)C[C@]4(C)[C@@H]3CC[C@]2(C)C1. The van der Waals surface area contributed by atoms with Crippen molar-refractivity contribution in [2.24, 2.45) is 40.4 Å². The minimum Gasteiger partial charge on any atom is -0.393 e. The molecule has 0 aromatic rings. The fourth-order valence-electron chi connectivity index (χ4n) is 7.75. The Morgan fingerprint density at radius 3 is 2.48 bits per heavy atom. The molecule has 120 valence electrons. The van der Waals surface area contributed by atoms with E-state index < -0.39 is 0 Å². The summed E-state index contributed by atoms with van der Waals surface area (Å²) in [6.07, 6.45) is 12.3. The van der Waals surface area contributed by atoms with Crippen LogP contribution in [0, 0.1) is 40.4 Å². The van der Waals surface area contributed by atoms with Gasteiger partial charge in [-0.1, -0.05) is 20.8 Å². The van der Waals surface area contributed by atoms with E-state index in [0.717, 1.165) is 42.4 Å². The molecule has 1 nitrogen and oxygen atoms in total. The van der Waals surface area contributed by atoms with Crippen LogP contribution in [0.4, 0.5) is 0 Å². The van der Waals surface area contributed by atoms with Gasteiger partial charge in [0.15, 0.2) is 0 Å². The van der Waals surface area contributed by atoms with Crippen LogP contribution in [-0.4, -0.2) is 11.2 Å². The van der Waals surface area contributed by atoms with E-state index in [1.54, 1.807) is 0 Å². The van der Waals surface area contributed by atoms with Crippen molar-refractivity contribution >= 4 is 0 Å². The second kappa shape index (κ2) is 4.73. The largest absolute Gasteiger partial charge is 0.393 e. The third kappa shape index (κ3) is 2.06. The van der Waals surface area contributed by atoms with Crippen molar-refractivity contribution in [2.45, 2.75) is 84.7 Å². The van der Waals surface area contributed by atoms with Crippen LogP contribution in [0.25, 0.3) is 0 Å². The first-order valence-electron chi connectivity index (χ1n) is 9.60. The zero-order chi connectivity index (χ0) is 14.8. The van der Waals surface area contributed by atoms with Gasteiger partial charge in [0.1, 0.15) is 0 Å². The summed E-state index contributed by atoms with van der Waals surface area (Å²) in [5.74, 6) is 4.73. The quantitative estimate of drug-likeness (QED) is 0.663. The van der Waals surface area contributed by atoms with Crippen molar-refractivity contribution in [1.82, 2.24) is 0 Å². The molecule has 1 heteroatoms. The van der Waals surface area contributed by atoms with Crippen molar-refractivity contribution in [1.29, 1.82) is 0 Å². The standard InChI is InChI=1S/C20H34O/c1-13-10-18-16-7-5-14-4-6-15(21)12-20(14,3)17(16)8-9-19(18,2)11-13/h13-18,21H,4-12H2,1-3H3/t13?,14?,15?,16-,17-,18+,19-,20+/m1/s1. The molecule has 0 aromatic carbocycles. The van der Waals surface area contributed by atoms with E-state index in [0.29, 0.717) is 10.8 Å². The van der Waals surface area contributed by atoms with Gasteiger partial charge in [0.25, 0.3) is 0 Å². The van der Waals surface area contributed by atoms with E-state index in [1.165, 1.54) is 44.9 Å². The van der Waals surface area contributed by atoms with Gasteiger partial charge in [-0.05, 0) is 98.2 Å². The minimum absolute atomic E-state index is 0.0131. The lowest BCUT2D eigenvalue weighted by Crippen LogP contribution is -2.53. The van der Waals surface area contributed by atoms with Gasteiger partial charge in [-0.3, -0.25) is 0 Å². The Bertz CT molecular complexity index is 418. The van der Waals surface area contributed by atoms with Crippen LogP contribution in [0.1, 0.15) is 78.6 Å². The number of hydrogen-bond acceptors (Lipinski definition) is 1. The molecule has 4 aliphatic carbocycles. The first-order chi connectivity index (χ1) is 9.92. The minimum atomic E-state index is -0.0131. The summed E-state index contributed by atoms with van der Waals surface area (Å²) >= 11 is 0. The van der Waals surface area contributed by atoms with Crippen LogP contribution in [0.15, 0.2) is 0 Å². The smallest absolute Gasteiger partial charge is 0.0545 e. The molecule has 0 spiro atoms. The molecular formula is C20H34O. The maximum atomic E-state index is 10.3. The average Bonchev–Trinajstić information content (AvgIpc) is 2.72. The lowest BCUT2D eigenvalue weighted by atomic mass is 9.45. The molecule has 4 aliphatic rings. The summed E-state index contributed by atoms with van der Waals surface area (Å²) in [4.78, 5) is 0. The van der Waals surface area contributed by atoms with E-state index in [-0.39, 0.29) is 6.10 Å². The number of aliphatic hydroxyl groups excluding tert-OH is 1. The first kappa shape index (κ1) is 14.5. The van der Waals surface area contributed by atoms with E-state index in [4.69, 9.17) is 0 Å². The average molecular weight is 290 g/mol. The van der Waals surface area contributed by atoms with Crippen LogP contribution in [-0.2, 0) is 0 Å². The van der Waals surface area contributed by atoms with Crippen LogP contribution < -0.4 is 0 Å². The Morgan fingerprint density at radius 2 is 1.67 bits per heavy atom. The molecule has 3 unspecified atom stereocenters. The van der Waals surface area contributed by atoms with E-state index in [1.807, 2.05) is 0 Å². The lowest BCUT2D eigenvalue weighted by Gasteiger charge is -2.60. The second-order valence-corrected chi connectivity index (χ2v) is 9.83. The second-order valence-electron chi connectivity index (χ2n) is 9.83. The van der Waals surface area contributed by atoms with Gasteiger partial charge in [0.2, 0.25) is 0 Å². The Morgan fingerprint density at radius 1 is 0.905 bits per heavy atom. The van der Waals surface area contributed by atoms with Gasteiger partial charge in [0, 0.05) is 0 Å². The highest BCUT2D eigenvalue weighted by atomic mass is 16.3. The Balaban J connectivity index is 1.64. The highest BCUT2D eigenvalue weighted by Gasteiger charge is 2.58. The van der Waals surface area contributed by atoms with Crippen molar-refractivity contribution in [3.63, 3.8) is 0 Å². The maximum Gasteiger partial charge on any atom is 0.0545 e. The number of aliphatic hydroxyl groups is 1. The molecule has 4 rings (SSSR count). The van der Waals surface area contributed by atoms with Gasteiger partial charge < -0.3 is 5.11 Å². The number of fused-ring (bicyclic) bond motifs is 5. The fourth-order valence-corrected chi connectivity index (χ4v) is 7.75. The Kier molecular flexibility index (Phi) is 3.27. The summed E-state index contributed by atoms with van der Waals surface area (Å²) in [7, 11) is 0. The monoisotopic (exact) mass is 290 g/mol. The summed E-state index contributed by atoms with van der Waals surface area (Å²) in [5.41, 5.74) is 1.10. The van der Waals surface area contributed by atoms with Crippen molar-refractivity contribution in [3.8, 4) is 0 Å². The summed E-state index contributed by atoms with van der Waals surface area (Å²) in [6.45, 7) is 7.63. The molecule has 0 radical (unpaired) electrons. The zero-order valence-electron chi connectivity index (χ0n) is 14.3. The van der Waals surface area contributed by atoms with Crippen LogP contribution in [0.2, 0.25) is 0 Å². The Hall–Kier alpha value is -0.0400. The predicted molar refractivity (Wildman–Crippen MR) is 86.9 cm³/mol. The van der Waals surface area contributed by atoms with Gasteiger partial charge in [0.05, 0.1) is 6.10 Å². The van der Waals surface area contributed by atoms with E-state index in [2.05, 4.69) is 20.8 Å². The lowest BCUT2D eigenvalue weighted by molar-refractivity contribution is -0.124. The molecule has 0 heterocycles. The normalized spacial score (nSPS) is 60.0. The highest BCUT2D eigenvalue weighted by Crippen LogP contribution is 2.66. The molecular weight excluding hydrogens is 256 g/mol. The number of rotatable bonds is 0. The number of hydrogen-bond donors (Lipinski definition) is 1. The van der Waals surface area contributed by atoms with E-state index in [9.17, 15) is 5.11 Å². The fraction of sp³-hybridized carbons (Fsp3) is 1.00. The molecule has 0 saturated heterocycles. The first-order valence-corrected chi connectivity index (χ1v) is 9.60. The molecule has 21 heavy (non-hydrogen) atoms. The van der Waals surface area contributed by atoms with Crippen molar-refractivity contribution in [3.05, 3.63) is 0 Å². The van der Waals surface area contributed by atoms with Gasteiger partial charge in [-0.25, -0.2) is 0 Å². The summed E-state index contributed by atoms with van der Waals surface area (Å²) < 4.78 is 0. The van der Waals surface area contributed by atoms with Crippen LogP contribution in [0.3, 0.4) is 0 Å². The zero-order valence-corrected chi connectivity index (χ0v) is 14.3. The van der Waals surface area contributed by atoms with Crippen LogP contribution in [0.5, 0.6) is 0 Å². The predicted octanol–water partition coefficient (Wildman–Crippen LogP) is 5.03. The molecule has 8 atom stereocenters. The van der Waals surface area contributed by atoms with Gasteiger partial charge >= 0.3 is 0 Å². The molecule has 0 bridgehead atoms. The van der Waals surface area contributed by atoms with Gasteiger partial charge in [-0.15, -0.1) is 0 Å². The third-order valence-corrected chi connectivity index (χ3v) is 8.58. The summed E-state index contributed by atoms with van der Waals surface area (Å²) in [6, 6.07) is 0. The molecule has 4 fully saturated rings. The molecule has 0 amide bonds. The summed E-state index contributed by atoms with van der Waals surface area (Å²) in [5, 5.41) is 10.3. The van der Waals surface area contributed by atoms with E-state index >= 15 is 0 Å². The van der Waals surface area contributed by atoms with Crippen molar-refractivity contribution in [2.75, 3.05) is 0 Å². The molecule has 4 saturated carbocycles. The van der Waals surface area contributed by atoms with Crippen LogP contribution >= 0.6 is 0 Å².